The number of imidazole rings is 1. The molecule has 136 valence electrons. The Balaban J connectivity index is 1.69. The van der Waals surface area contributed by atoms with Crippen LogP contribution in [-0.2, 0) is 16.1 Å². The highest BCUT2D eigenvalue weighted by Gasteiger charge is 2.33. The van der Waals surface area contributed by atoms with Gasteiger partial charge >= 0.3 is 6.09 Å². The van der Waals surface area contributed by atoms with E-state index in [2.05, 4.69) is 10.3 Å². The van der Waals surface area contributed by atoms with Crippen LogP contribution >= 0.6 is 0 Å². The number of nitrogens with zero attached hydrogens (tertiary/aromatic N) is 3. The molecule has 1 saturated heterocycles. The van der Waals surface area contributed by atoms with Crippen molar-refractivity contribution in [3.05, 3.63) is 24.4 Å². The first-order chi connectivity index (χ1) is 12.5. The van der Waals surface area contributed by atoms with Gasteiger partial charge in [0.25, 0.3) is 0 Å². The summed E-state index contributed by atoms with van der Waals surface area (Å²) in [6, 6.07) is 5.63. The molecule has 0 saturated carbocycles. The Morgan fingerprint density at radius 3 is 2.96 bits per heavy atom. The smallest absolute Gasteiger partial charge is 0.415 e. The fourth-order valence-electron chi connectivity index (χ4n) is 3.16. The van der Waals surface area contributed by atoms with E-state index in [1.54, 1.807) is 4.90 Å². The molecule has 1 N–H and O–H groups in total. The number of anilines is 2. The van der Waals surface area contributed by atoms with Gasteiger partial charge in [-0.15, -0.1) is 0 Å². The number of ketones is 1. The normalized spacial score (nSPS) is 18.5. The van der Waals surface area contributed by atoms with Crippen LogP contribution in [0.1, 0.15) is 13.8 Å². The highest BCUT2D eigenvalue weighted by Crippen LogP contribution is 2.36. The number of rotatable bonds is 4. The zero-order chi connectivity index (χ0) is 18.3. The van der Waals surface area contributed by atoms with Crippen molar-refractivity contribution >= 4 is 23.4 Å². The van der Waals surface area contributed by atoms with Crippen molar-refractivity contribution in [1.82, 2.24) is 9.55 Å². The average molecular weight is 356 g/mol. The zero-order valence-electron chi connectivity index (χ0n) is 14.7. The maximum atomic E-state index is 12.0. The summed E-state index contributed by atoms with van der Waals surface area (Å²) in [5.41, 5.74) is 1.67. The minimum atomic E-state index is -0.369. The molecule has 26 heavy (non-hydrogen) atoms. The number of hydrogen-bond donors (Lipinski definition) is 1. The Bertz CT molecular complexity index is 876. The molecule has 1 aromatic carbocycles. The minimum absolute atomic E-state index is 0.0458. The first kappa shape index (κ1) is 16.4. The molecule has 4 rings (SSSR count). The highest BCUT2D eigenvalue weighted by molar-refractivity contribution is 5.89. The second-order valence-electron chi connectivity index (χ2n) is 6.53. The van der Waals surface area contributed by atoms with Crippen LogP contribution in [0.15, 0.2) is 24.4 Å². The maximum Gasteiger partial charge on any atom is 0.415 e. The average Bonchev–Trinajstić information content (AvgIpc) is 3.11. The molecule has 8 nitrogen and oxygen atoms in total. The number of benzene rings is 1. The number of fused-ring (bicyclic) bond motifs is 3. The standard InChI is InChI=1S/C18H20N4O4/c1-11-10-26-18(24)22(11)16-9-21-5-6-25-15-7-13(19-8-12(2)23)3-4-14(15)17(21)20-16/h3-4,7,9,11,19H,5-6,8,10H2,1-2H3/t11-/m1/s1. The molecule has 1 fully saturated rings. The van der Waals surface area contributed by atoms with Crippen molar-refractivity contribution in [1.29, 1.82) is 0 Å². The molecule has 1 aromatic heterocycles. The number of Topliss-reactive ketones (excluding diaryl/α,β-unsaturated/α-hetero) is 1. The number of carbonyl (C=O) groups excluding carboxylic acids is 2. The van der Waals surface area contributed by atoms with E-state index in [1.165, 1.54) is 6.92 Å². The van der Waals surface area contributed by atoms with Crippen LogP contribution in [-0.4, -0.2) is 47.2 Å². The van der Waals surface area contributed by atoms with Gasteiger partial charge in [0.2, 0.25) is 0 Å². The number of amides is 1. The number of hydrogen-bond acceptors (Lipinski definition) is 6. The van der Waals surface area contributed by atoms with Crippen molar-refractivity contribution in [3.63, 3.8) is 0 Å². The van der Waals surface area contributed by atoms with E-state index in [-0.39, 0.29) is 24.5 Å². The zero-order valence-corrected chi connectivity index (χ0v) is 14.7. The Morgan fingerprint density at radius 2 is 2.23 bits per heavy atom. The van der Waals surface area contributed by atoms with Crippen LogP contribution in [0, 0.1) is 0 Å². The van der Waals surface area contributed by atoms with Crippen molar-refractivity contribution in [2.75, 3.05) is 30.0 Å². The third-order valence-electron chi connectivity index (χ3n) is 4.45. The molecule has 0 unspecified atom stereocenters. The molecule has 0 radical (unpaired) electrons. The number of carbonyl (C=O) groups is 2. The van der Waals surface area contributed by atoms with E-state index >= 15 is 0 Å². The van der Waals surface area contributed by atoms with Crippen LogP contribution < -0.4 is 15.0 Å². The Labute approximate surface area is 150 Å². The topological polar surface area (TPSA) is 85.7 Å². The summed E-state index contributed by atoms with van der Waals surface area (Å²) in [6.45, 7) is 5.23. The number of ether oxygens (including phenoxy) is 2. The molecular weight excluding hydrogens is 336 g/mol. The number of nitrogens with one attached hydrogen (secondary N) is 1. The third kappa shape index (κ3) is 2.87. The lowest BCUT2D eigenvalue weighted by molar-refractivity contribution is -0.115. The van der Waals surface area contributed by atoms with Gasteiger partial charge in [0.15, 0.2) is 5.82 Å². The Morgan fingerprint density at radius 1 is 1.38 bits per heavy atom. The van der Waals surface area contributed by atoms with Gasteiger partial charge in [0, 0.05) is 18.0 Å². The fourth-order valence-corrected chi connectivity index (χ4v) is 3.16. The monoisotopic (exact) mass is 356 g/mol. The van der Waals surface area contributed by atoms with E-state index in [0.29, 0.717) is 31.3 Å². The van der Waals surface area contributed by atoms with E-state index in [9.17, 15) is 9.59 Å². The quantitative estimate of drug-likeness (QED) is 0.905. The summed E-state index contributed by atoms with van der Waals surface area (Å²) in [6.07, 6.45) is 1.49. The van der Waals surface area contributed by atoms with Gasteiger partial charge in [-0.3, -0.25) is 9.69 Å². The van der Waals surface area contributed by atoms with Crippen molar-refractivity contribution < 1.29 is 19.1 Å². The van der Waals surface area contributed by atoms with Crippen molar-refractivity contribution in [2.24, 2.45) is 0 Å². The molecule has 2 aromatic rings. The predicted octanol–water partition coefficient (Wildman–Crippen LogP) is 2.29. The summed E-state index contributed by atoms with van der Waals surface area (Å²) >= 11 is 0. The van der Waals surface area contributed by atoms with E-state index in [1.807, 2.05) is 35.9 Å². The van der Waals surface area contributed by atoms with Crippen LogP contribution in [0.2, 0.25) is 0 Å². The van der Waals surface area contributed by atoms with E-state index in [0.717, 1.165) is 17.1 Å². The number of cyclic esters (lactones) is 1. The molecule has 1 atom stereocenters. The molecule has 3 heterocycles. The molecule has 2 aliphatic rings. The first-order valence-electron chi connectivity index (χ1n) is 8.56. The van der Waals surface area contributed by atoms with Crippen LogP contribution in [0.5, 0.6) is 5.75 Å². The van der Waals surface area contributed by atoms with Gasteiger partial charge in [-0.25, -0.2) is 9.78 Å². The molecule has 0 bridgehead atoms. The second kappa shape index (κ2) is 6.36. The maximum absolute atomic E-state index is 12.0. The molecule has 8 heteroatoms. The Hall–Kier alpha value is -3.03. The molecular formula is C18H20N4O4. The van der Waals surface area contributed by atoms with Gasteiger partial charge in [-0.05, 0) is 26.0 Å². The molecule has 1 amide bonds. The highest BCUT2D eigenvalue weighted by atomic mass is 16.6. The number of aromatic nitrogens is 2. The second-order valence-corrected chi connectivity index (χ2v) is 6.53. The SMILES string of the molecule is CC(=O)CNc1ccc2c(c1)OCCn1cc(N3C(=O)OC[C@H]3C)nc1-2. The lowest BCUT2D eigenvalue weighted by Gasteiger charge is -2.14. The summed E-state index contributed by atoms with van der Waals surface area (Å²) < 4.78 is 12.9. The summed E-state index contributed by atoms with van der Waals surface area (Å²) in [7, 11) is 0. The fraction of sp³-hybridized carbons (Fsp3) is 0.389. The molecule has 0 spiro atoms. The predicted molar refractivity (Wildman–Crippen MR) is 95.6 cm³/mol. The summed E-state index contributed by atoms with van der Waals surface area (Å²) in [5, 5.41) is 3.07. The largest absolute Gasteiger partial charge is 0.491 e. The van der Waals surface area contributed by atoms with Crippen LogP contribution in [0.3, 0.4) is 0 Å². The van der Waals surface area contributed by atoms with Crippen LogP contribution in [0.25, 0.3) is 11.4 Å². The Kier molecular flexibility index (Phi) is 4.02. The lowest BCUT2D eigenvalue weighted by atomic mass is 10.1. The van der Waals surface area contributed by atoms with Gasteiger partial charge < -0.3 is 19.4 Å². The lowest BCUT2D eigenvalue weighted by Crippen LogP contribution is -2.31. The third-order valence-corrected chi connectivity index (χ3v) is 4.45. The van der Waals surface area contributed by atoms with Gasteiger partial charge in [0.1, 0.15) is 30.6 Å². The van der Waals surface area contributed by atoms with Gasteiger partial charge in [0.05, 0.1) is 24.7 Å². The first-order valence-corrected chi connectivity index (χ1v) is 8.56. The van der Waals surface area contributed by atoms with Crippen LogP contribution in [0.4, 0.5) is 16.3 Å². The van der Waals surface area contributed by atoms with Gasteiger partial charge in [-0.1, -0.05) is 0 Å². The molecule has 2 aliphatic heterocycles. The van der Waals surface area contributed by atoms with Gasteiger partial charge in [-0.2, -0.15) is 0 Å². The van der Waals surface area contributed by atoms with Crippen molar-refractivity contribution in [3.8, 4) is 17.1 Å². The van der Waals surface area contributed by atoms with E-state index < -0.39 is 0 Å². The van der Waals surface area contributed by atoms with Crippen molar-refractivity contribution in [2.45, 2.75) is 26.4 Å². The van der Waals surface area contributed by atoms with E-state index in [4.69, 9.17) is 9.47 Å². The summed E-state index contributed by atoms with van der Waals surface area (Å²) in [5.74, 6) is 2.10. The minimum Gasteiger partial charge on any atom is -0.491 e. The molecule has 0 aliphatic carbocycles. The summed E-state index contributed by atoms with van der Waals surface area (Å²) in [4.78, 5) is 29.4.